The molecular formula is C16H17ClN2O2. The first-order valence-corrected chi connectivity index (χ1v) is 6.91. The monoisotopic (exact) mass is 304 g/mol. The Hall–Kier alpha value is -2.20. The predicted octanol–water partition coefficient (Wildman–Crippen LogP) is 3.92. The average molecular weight is 305 g/mol. The summed E-state index contributed by atoms with van der Waals surface area (Å²) >= 11 is 6.20. The van der Waals surface area contributed by atoms with Gasteiger partial charge in [0.05, 0.1) is 7.11 Å². The number of hydrogen-bond acceptors (Lipinski definition) is 3. The number of nitrogens with one attached hydrogen (secondary N) is 2. The molecule has 5 heteroatoms. The number of carbonyl (C=O) groups excluding carboxylic acids is 1. The molecule has 0 aromatic heterocycles. The molecule has 0 saturated carbocycles. The SMILES string of the molecule is COc1cccc(Cl)c1CNc1cccc(NC(C)=O)c1. The molecule has 0 aliphatic heterocycles. The number of halogens is 1. The Morgan fingerprint density at radius 2 is 1.90 bits per heavy atom. The van der Waals surface area contributed by atoms with Gasteiger partial charge in [-0.15, -0.1) is 0 Å². The van der Waals surface area contributed by atoms with Crippen molar-refractivity contribution >= 4 is 28.9 Å². The van der Waals surface area contributed by atoms with Gasteiger partial charge in [0, 0.05) is 35.4 Å². The minimum atomic E-state index is -0.0973. The van der Waals surface area contributed by atoms with Crippen molar-refractivity contribution in [3.63, 3.8) is 0 Å². The topological polar surface area (TPSA) is 50.4 Å². The number of benzene rings is 2. The Bertz CT molecular complexity index is 644. The number of amides is 1. The smallest absolute Gasteiger partial charge is 0.221 e. The number of ether oxygens (including phenoxy) is 1. The average Bonchev–Trinajstić information content (AvgIpc) is 2.45. The van der Waals surface area contributed by atoms with E-state index >= 15 is 0 Å². The lowest BCUT2D eigenvalue weighted by Gasteiger charge is -2.13. The normalized spacial score (nSPS) is 10.0. The number of anilines is 2. The van der Waals surface area contributed by atoms with Crippen LogP contribution in [0.1, 0.15) is 12.5 Å². The van der Waals surface area contributed by atoms with Gasteiger partial charge in [-0.3, -0.25) is 4.79 Å². The number of hydrogen-bond donors (Lipinski definition) is 2. The van der Waals surface area contributed by atoms with Crippen molar-refractivity contribution in [3.8, 4) is 5.75 Å². The van der Waals surface area contributed by atoms with Gasteiger partial charge in [0.2, 0.25) is 5.91 Å². The maximum atomic E-state index is 11.1. The molecule has 0 atom stereocenters. The number of methoxy groups -OCH3 is 1. The summed E-state index contributed by atoms with van der Waals surface area (Å²) in [7, 11) is 1.62. The summed E-state index contributed by atoms with van der Waals surface area (Å²) in [5.41, 5.74) is 2.54. The van der Waals surface area contributed by atoms with E-state index in [1.165, 1.54) is 6.92 Å². The van der Waals surface area contributed by atoms with E-state index in [4.69, 9.17) is 16.3 Å². The second-order valence-electron chi connectivity index (χ2n) is 4.54. The number of rotatable bonds is 5. The largest absolute Gasteiger partial charge is 0.496 e. The highest BCUT2D eigenvalue weighted by Crippen LogP contribution is 2.27. The number of carbonyl (C=O) groups is 1. The van der Waals surface area contributed by atoms with Gasteiger partial charge in [-0.05, 0) is 30.3 Å². The summed E-state index contributed by atoms with van der Waals surface area (Å²) < 4.78 is 5.31. The van der Waals surface area contributed by atoms with E-state index < -0.39 is 0 Å². The van der Waals surface area contributed by atoms with Crippen molar-refractivity contribution in [3.05, 3.63) is 53.1 Å². The van der Waals surface area contributed by atoms with E-state index in [-0.39, 0.29) is 5.91 Å². The fraction of sp³-hybridized carbons (Fsp3) is 0.188. The Kier molecular flexibility index (Phi) is 5.06. The fourth-order valence-corrected chi connectivity index (χ4v) is 2.23. The van der Waals surface area contributed by atoms with E-state index in [9.17, 15) is 4.79 Å². The van der Waals surface area contributed by atoms with Crippen molar-refractivity contribution in [1.29, 1.82) is 0 Å². The van der Waals surface area contributed by atoms with Crippen LogP contribution in [0.15, 0.2) is 42.5 Å². The van der Waals surface area contributed by atoms with E-state index in [0.717, 1.165) is 22.7 Å². The van der Waals surface area contributed by atoms with Gasteiger partial charge >= 0.3 is 0 Å². The van der Waals surface area contributed by atoms with Crippen LogP contribution in [0.3, 0.4) is 0 Å². The van der Waals surface area contributed by atoms with Gasteiger partial charge in [-0.25, -0.2) is 0 Å². The second kappa shape index (κ2) is 6.99. The summed E-state index contributed by atoms with van der Waals surface area (Å²) in [6.45, 7) is 2.01. The van der Waals surface area contributed by atoms with Crippen molar-refractivity contribution in [2.75, 3.05) is 17.7 Å². The molecule has 21 heavy (non-hydrogen) atoms. The molecule has 0 aliphatic rings. The van der Waals surface area contributed by atoms with E-state index in [1.807, 2.05) is 42.5 Å². The summed E-state index contributed by atoms with van der Waals surface area (Å²) in [5, 5.41) is 6.67. The third kappa shape index (κ3) is 4.13. The lowest BCUT2D eigenvalue weighted by molar-refractivity contribution is -0.114. The molecule has 0 heterocycles. The molecule has 0 unspecified atom stereocenters. The summed E-state index contributed by atoms with van der Waals surface area (Å²) in [6.07, 6.45) is 0. The Morgan fingerprint density at radius 1 is 1.19 bits per heavy atom. The third-order valence-corrected chi connectivity index (χ3v) is 3.30. The standard InChI is InChI=1S/C16H17ClN2O2/c1-11(20)19-13-6-3-5-12(9-13)18-10-14-15(17)7-4-8-16(14)21-2/h3-9,18H,10H2,1-2H3,(H,19,20). The second-order valence-corrected chi connectivity index (χ2v) is 4.94. The Morgan fingerprint density at radius 3 is 2.62 bits per heavy atom. The molecular weight excluding hydrogens is 288 g/mol. The van der Waals surface area contributed by atoms with Crippen LogP contribution in [0.25, 0.3) is 0 Å². The van der Waals surface area contributed by atoms with Gasteiger partial charge < -0.3 is 15.4 Å². The highest BCUT2D eigenvalue weighted by molar-refractivity contribution is 6.31. The first-order chi connectivity index (χ1) is 10.1. The molecule has 2 aromatic rings. The van der Waals surface area contributed by atoms with Crippen molar-refractivity contribution in [1.82, 2.24) is 0 Å². The van der Waals surface area contributed by atoms with Crippen molar-refractivity contribution in [2.24, 2.45) is 0 Å². The zero-order valence-electron chi connectivity index (χ0n) is 11.9. The van der Waals surface area contributed by atoms with Crippen LogP contribution in [-0.2, 0) is 11.3 Å². The molecule has 0 saturated heterocycles. The van der Waals surface area contributed by atoms with Crippen LogP contribution in [0.5, 0.6) is 5.75 Å². The maximum absolute atomic E-state index is 11.1. The minimum Gasteiger partial charge on any atom is -0.496 e. The van der Waals surface area contributed by atoms with Gasteiger partial charge in [-0.1, -0.05) is 23.7 Å². The lowest BCUT2D eigenvalue weighted by atomic mass is 10.2. The quantitative estimate of drug-likeness (QED) is 0.880. The minimum absolute atomic E-state index is 0.0973. The highest BCUT2D eigenvalue weighted by atomic mass is 35.5. The van der Waals surface area contributed by atoms with Crippen molar-refractivity contribution in [2.45, 2.75) is 13.5 Å². The zero-order chi connectivity index (χ0) is 15.2. The molecule has 2 rings (SSSR count). The van der Waals surface area contributed by atoms with E-state index in [2.05, 4.69) is 10.6 Å². The summed E-state index contributed by atoms with van der Waals surface area (Å²) in [6, 6.07) is 13.0. The molecule has 2 aromatic carbocycles. The molecule has 0 aliphatic carbocycles. The van der Waals surface area contributed by atoms with Gasteiger partial charge in [0.15, 0.2) is 0 Å². The summed E-state index contributed by atoms with van der Waals surface area (Å²) in [4.78, 5) is 11.1. The van der Waals surface area contributed by atoms with Crippen LogP contribution in [-0.4, -0.2) is 13.0 Å². The van der Waals surface area contributed by atoms with Crippen LogP contribution in [0, 0.1) is 0 Å². The molecule has 0 radical (unpaired) electrons. The summed E-state index contributed by atoms with van der Waals surface area (Å²) in [5.74, 6) is 0.646. The zero-order valence-corrected chi connectivity index (χ0v) is 12.7. The maximum Gasteiger partial charge on any atom is 0.221 e. The molecule has 0 spiro atoms. The molecule has 4 nitrogen and oxygen atoms in total. The van der Waals surface area contributed by atoms with Gasteiger partial charge in [0.25, 0.3) is 0 Å². The van der Waals surface area contributed by atoms with Crippen LogP contribution >= 0.6 is 11.6 Å². The Balaban J connectivity index is 2.11. The predicted molar refractivity (Wildman–Crippen MR) is 86.1 cm³/mol. The van der Waals surface area contributed by atoms with E-state index in [0.29, 0.717) is 11.6 Å². The first kappa shape index (κ1) is 15.2. The molecule has 0 bridgehead atoms. The fourth-order valence-electron chi connectivity index (χ4n) is 2.00. The Labute approximate surface area is 129 Å². The van der Waals surface area contributed by atoms with E-state index in [1.54, 1.807) is 7.11 Å². The molecule has 1 amide bonds. The highest BCUT2D eigenvalue weighted by Gasteiger charge is 2.07. The van der Waals surface area contributed by atoms with Crippen LogP contribution in [0.4, 0.5) is 11.4 Å². The van der Waals surface area contributed by atoms with Gasteiger partial charge in [0.1, 0.15) is 5.75 Å². The van der Waals surface area contributed by atoms with Crippen molar-refractivity contribution < 1.29 is 9.53 Å². The molecule has 2 N–H and O–H groups in total. The lowest BCUT2D eigenvalue weighted by Crippen LogP contribution is -2.07. The van der Waals surface area contributed by atoms with Gasteiger partial charge in [-0.2, -0.15) is 0 Å². The third-order valence-electron chi connectivity index (χ3n) is 2.95. The molecule has 110 valence electrons. The van der Waals surface area contributed by atoms with Crippen LogP contribution in [0.2, 0.25) is 5.02 Å². The molecule has 0 fully saturated rings. The first-order valence-electron chi connectivity index (χ1n) is 6.53. The van der Waals surface area contributed by atoms with Crippen LogP contribution < -0.4 is 15.4 Å².